The van der Waals surface area contributed by atoms with E-state index in [-0.39, 0.29) is 12.1 Å². The average molecular weight is 227 g/mol. The number of hydrogen-bond donors (Lipinski definition) is 2. The second-order valence-electron chi connectivity index (χ2n) is 3.44. The molecule has 0 saturated carbocycles. The quantitative estimate of drug-likeness (QED) is 0.815. The Bertz CT molecular complexity index is 573. The van der Waals surface area contributed by atoms with E-state index in [2.05, 4.69) is 10.3 Å². The van der Waals surface area contributed by atoms with Crippen molar-refractivity contribution in [2.45, 2.75) is 6.54 Å². The van der Waals surface area contributed by atoms with E-state index in [4.69, 9.17) is 0 Å². The third kappa shape index (κ3) is 1.61. The van der Waals surface area contributed by atoms with Gasteiger partial charge in [-0.05, 0) is 19.2 Å². The number of rotatable bonds is 3. The molecule has 1 aromatic heterocycles. The molecule has 1 aromatic carbocycles. The summed E-state index contributed by atoms with van der Waals surface area (Å²) < 4.78 is 27.7. The van der Waals surface area contributed by atoms with Crippen LogP contribution < -0.4 is 11.0 Å². The Labute approximate surface area is 89.9 Å². The number of likely N-dealkylation sites (N-methyl/N-ethyl adjacent to an activating group) is 1. The van der Waals surface area contributed by atoms with Crippen molar-refractivity contribution in [2.24, 2.45) is 0 Å². The smallest absolute Gasteiger partial charge is 0.318 e. The molecule has 6 heteroatoms. The highest BCUT2D eigenvalue weighted by molar-refractivity contribution is 5.75. The summed E-state index contributed by atoms with van der Waals surface area (Å²) in [5.41, 5.74) is -0.144. The summed E-state index contributed by atoms with van der Waals surface area (Å²) in [6.07, 6.45) is 0. The molecule has 2 N–H and O–H groups in total. The number of imidazole rings is 1. The lowest BCUT2D eigenvalue weighted by molar-refractivity contribution is 0.509. The molecule has 0 fully saturated rings. The molecule has 86 valence electrons. The molecule has 16 heavy (non-hydrogen) atoms. The molecule has 0 spiro atoms. The minimum absolute atomic E-state index is 0.0137. The van der Waals surface area contributed by atoms with Gasteiger partial charge in [0.1, 0.15) is 5.52 Å². The highest BCUT2D eigenvalue weighted by Gasteiger charge is 2.14. The van der Waals surface area contributed by atoms with E-state index in [1.54, 1.807) is 7.05 Å². The summed E-state index contributed by atoms with van der Waals surface area (Å²) in [6, 6.07) is 2.35. The molecule has 0 radical (unpaired) electrons. The third-order valence-electron chi connectivity index (χ3n) is 2.41. The lowest BCUT2D eigenvalue weighted by Crippen LogP contribution is -2.23. The lowest BCUT2D eigenvalue weighted by Gasteiger charge is -2.03. The lowest BCUT2D eigenvalue weighted by atomic mass is 10.3. The van der Waals surface area contributed by atoms with Crippen LogP contribution in [0.15, 0.2) is 16.9 Å². The SMILES string of the molecule is CNCCn1c(=O)[nH]c2ccc(F)c(F)c21. The van der Waals surface area contributed by atoms with Crippen molar-refractivity contribution in [2.75, 3.05) is 13.6 Å². The van der Waals surface area contributed by atoms with Crippen molar-refractivity contribution in [3.05, 3.63) is 34.3 Å². The first-order chi connectivity index (χ1) is 7.65. The highest BCUT2D eigenvalue weighted by Crippen LogP contribution is 2.17. The third-order valence-corrected chi connectivity index (χ3v) is 2.41. The Kier molecular flexibility index (Phi) is 2.74. The van der Waals surface area contributed by atoms with Crippen LogP contribution in [0, 0.1) is 11.6 Å². The summed E-state index contributed by atoms with van der Waals surface area (Å²) in [4.78, 5) is 14.0. The number of aromatic nitrogens is 2. The van der Waals surface area contributed by atoms with E-state index in [9.17, 15) is 13.6 Å². The first-order valence-electron chi connectivity index (χ1n) is 4.86. The van der Waals surface area contributed by atoms with Crippen LogP contribution in [-0.2, 0) is 6.54 Å². The van der Waals surface area contributed by atoms with E-state index >= 15 is 0 Å². The minimum atomic E-state index is -0.994. The van der Waals surface area contributed by atoms with Crippen molar-refractivity contribution >= 4 is 11.0 Å². The summed E-state index contributed by atoms with van der Waals surface area (Å²) in [5.74, 6) is -1.95. The second-order valence-corrected chi connectivity index (χ2v) is 3.44. The molecule has 1 heterocycles. The van der Waals surface area contributed by atoms with Crippen molar-refractivity contribution in [1.29, 1.82) is 0 Å². The zero-order chi connectivity index (χ0) is 11.7. The zero-order valence-electron chi connectivity index (χ0n) is 8.68. The predicted molar refractivity (Wildman–Crippen MR) is 56.4 cm³/mol. The Morgan fingerprint density at radius 1 is 1.44 bits per heavy atom. The normalized spacial score (nSPS) is 11.2. The first kappa shape index (κ1) is 10.8. The number of aromatic amines is 1. The molecule has 2 rings (SSSR count). The molecule has 0 amide bonds. The van der Waals surface area contributed by atoms with Gasteiger partial charge in [-0.1, -0.05) is 0 Å². The Balaban J connectivity index is 2.66. The van der Waals surface area contributed by atoms with Gasteiger partial charge in [0.15, 0.2) is 11.6 Å². The number of H-pyrrole nitrogens is 1. The average Bonchev–Trinajstić information content (AvgIpc) is 2.58. The topological polar surface area (TPSA) is 49.8 Å². The zero-order valence-corrected chi connectivity index (χ0v) is 8.68. The summed E-state index contributed by atoms with van der Waals surface area (Å²) in [7, 11) is 1.72. The van der Waals surface area contributed by atoms with Gasteiger partial charge in [0.25, 0.3) is 0 Å². The molecule has 0 saturated heterocycles. The van der Waals surface area contributed by atoms with E-state index in [0.29, 0.717) is 12.1 Å². The van der Waals surface area contributed by atoms with Crippen LogP contribution in [0.3, 0.4) is 0 Å². The molecule has 0 unspecified atom stereocenters. The largest absolute Gasteiger partial charge is 0.326 e. The van der Waals surface area contributed by atoms with Gasteiger partial charge in [0, 0.05) is 13.1 Å². The van der Waals surface area contributed by atoms with Gasteiger partial charge >= 0.3 is 5.69 Å². The van der Waals surface area contributed by atoms with Gasteiger partial charge in [-0.2, -0.15) is 0 Å². The highest BCUT2D eigenvalue weighted by atomic mass is 19.2. The van der Waals surface area contributed by atoms with Crippen LogP contribution >= 0.6 is 0 Å². The van der Waals surface area contributed by atoms with Crippen molar-refractivity contribution in [3.8, 4) is 0 Å². The maximum atomic E-state index is 13.5. The van der Waals surface area contributed by atoms with Crippen LogP contribution in [0.2, 0.25) is 0 Å². The van der Waals surface area contributed by atoms with Gasteiger partial charge in [-0.3, -0.25) is 4.57 Å². The van der Waals surface area contributed by atoms with Crippen LogP contribution in [0.1, 0.15) is 0 Å². The maximum absolute atomic E-state index is 13.5. The maximum Gasteiger partial charge on any atom is 0.326 e. The molecule has 2 aromatic rings. The monoisotopic (exact) mass is 227 g/mol. The van der Waals surface area contributed by atoms with E-state index in [1.165, 1.54) is 10.6 Å². The molecule has 0 aliphatic rings. The molecule has 0 aliphatic carbocycles. The van der Waals surface area contributed by atoms with Crippen LogP contribution in [-0.4, -0.2) is 23.1 Å². The molecule has 0 atom stereocenters. The number of nitrogens with one attached hydrogen (secondary N) is 2. The molecule has 0 aliphatic heterocycles. The molecule has 4 nitrogen and oxygen atoms in total. The molecular weight excluding hydrogens is 216 g/mol. The number of halogens is 2. The van der Waals surface area contributed by atoms with Crippen LogP contribution in [0.4, 0.5) is 8.78 Å². The van der Waals surface area contributed by atoms with E-state index in [0.717, 1.165) is 6.07 Å². The fourth-order valence-corrected chi connectivity index (χ4v) is 1.63. The fraction of sp³-hybridized carbons (Fsp3) is 0.300. The van der Waals surface area contributed by atoms with Crippen LogP contribution in [0.5, 0.6) is 0 Å². The van der Waals surface area contributed by atoms with Gasteiger partial charge < -0.3 is 10.3 Å². The first-order valence-corrected chi connectivity index (χ1v) is 4.86. The van der Waals surface area contributed by atoms with Crippen molar-refractivity contribution < 1.29 is 8.78 Å². The van der Waals surface area contributed by atoms with E-state index in [1.807, 2.05) is 0 Å². The predicted octanol–water partition coefficient (Wildman–Crippen LogP) is 0.827. The fourth-order valence-electron chi connectivity index (χ4n) is 1.63. The van der Waals surface area contributed by atoms with Crippen molar-refractivity contribution in [1.82, 2.24) is 14.9 Å². The summed E-state index contributed by atoms with van der Waals surface area (Å²) in [5, 5.41) is 2.84. The number of fused-ring (bicyclic) bond motifs is 1. The second kappa shape index (κ2) is 4.05. The number of hydrogen-bond acceptors (Lipinski definition) is 2. The van der Waals surface area contributed by atoms with Gasteiger partial charge in [0.05, 0.1) is 5.52 Å². The van der Waals surface area contributed by atoms with Gasteiger partial charge in [-0.15, -0.1) is 0 Å². The van der Waals surface area contributed by atoms with Gasteiger partial charge in [-0.25, -0.2) is 13.6 Å². The standard InChI is InChI=1S/C10H11F2N3O/c1-13-4-5-15-9-7(14-10(15)16)3-2-6(11)8(9)12/h2-3,13H,4-5H2,1H3,(H,14,16). The van der Waals surface area contributed by atoms with Crippen LogP contribution in [0.25, 0.3) is 11.0 Å². The number of benzene rings is 1. The van der Waals surface area contributed by atoms with Gasteiger partial charge in [0.2, 0.25) is 0 Å². The summed E-state index contributed by atoms with van der Waals surface area (Å²) in [6.45, 7) is 0.790. The van der Waals surface area contributed by atoms with E-state index < -0.39 is 17.3 Å². The van der Waals surface area contributed by atoms with Crippen molar-refractivity contribution in [3.63, 3.8) is 0 Å². The Hall–Kier alpha value is -1.69. The minimum Gasteiger partial charge on any atom is -0.318 e. The number of nitrogens with zero attached hydrogens (tertiary/aromatic N) is 1. The molecule has 0 bridgehead atoms. The Morgan fingerprint density at radius 3 is 2.88 bits per heavy atom. The molecular formula is C10H11F2N3O. The summed E-state index contributed by atoms with van der Waals surface area (Å²) >= 11 is 0. The Morgan fingerprint density at radius 2 is 2.19 bits per heavy atom.